The molecule has 24 heavy (non-hydrogen) atoms. The van der Waals surface area contributed by atoms with E-state index in [9.17, 15) is 5.11 Å². The Morgan fingerprint density at radius 2 is 1.96 bits per heavy atom. The molecule has 132 valence electrons. The topological polar surface area (TPSA) is 41.9 Å². The summed E-state index contributed by atoms with van der Waals surface area (Å²) < 4.78 is 10.8. The number of methoxy groups -OCH3 is 1. The molecule has 0 radical (unpaired) electrons. The van der Waals surface area contributed by atoms with Gasteiger partial charge in [0, 0.05) is 43.1 Å². The summed E-state index contributed by atoms with van der Waals surface area (Å²) in [5, 5.41) is 10.3. The van der Waals surface area contributed by atoms with Crippen LogP contribution in [0.4, 0.5) is 0 Å². The number of nitrogens with zero attached hydrogens (tertiary/aromatic N) is 1. The zero-order valence-electron chi connectivity index (χ0n) is 14.5. The molecule has 0 fully saturated rings. The van der Waals surface area contributed by atoms with Crippen LogP contribution in [-0.2, 0) is 11.3 Å². The van der Waals surface area contributed by atoms with Crippen molar-refractivity contribution in [1.29, 1.82) is 0 Å². The van der Waals surface area contributed by atoms with Gasteiger partial charge in [-0.15, -0.1) is 11.3 Å². The van der Waals surface area contributed by atoms with Crippen LogP contribution in [0.15, 0.2) is 42.5 Å². The average Bonchev–Trinajstić information content (AvgIpc) is 2.99. The van der Waals surface area contributed by atoms with Crippen molar-refractivity contribution in [2.75, 3.05) is 33.4 Å². The molecule has 0 aliphatic heterocycles. The van der Waals surface area contributed by atoms with E-state index in [1.54, 1.807) is 18.4 Å². The zero-order valence-corrected chi connectivity index (χ0v) is 15.3. The van der Waals surface area contributed by atoms with Gasteiger partial charge in [0.15, 0.2) is 0 Å². The summed E-state index contributed by atoms with van der Waals surface area (Å²) in [5.41, 5.74) is 0. The molecule has 4 nitrogen and oxygen atoms in total. The van der Waals surface area contributed by atoms with Gasteiger partial charge < -0.3 is 14.6 Å². The van der Waals surface area contributed by atoms with Gasteiger partial charge in [-0.1, -0.05) is 18.2 Å². The van der Waals surface area contributed by atoms with Crippen LogP contribution in [-0.4, -0.2) is 49.5 Å². The van der Waals surface area contributed by atoms with Crippen LogP contribution < -0.4 is 4.74 Å². The molecule has 1 unspecified atom stereocenters. The first kappa shape index (κ1) is 18.9. The van der Waals surface area contributed by atoms with Gasteiger partial charge in [0.05, 0.1) is 0 Å². The second-order valence-corrected chi connectivity index (χ2v) is 7.24. The molecule has 1 atom stereocenters. The predicted molar refractivity (Wildman–Crippen MR) is 98.8 cm³/mol. The van der Waals surface area contributed by atoms with Crippen LogP contribution in [0.1, 0.15) is 16.2 Å². The number of hydrogen-bond donors (Lipinski definition) is 1. The first-order valence-electron chi connectivity index (χ1n) is 8.30. The fourth-order valence-electron chi connectivity index (χ4n) is 2.52. The van der Waals surface area contributed by atoms with E-state index in [0.717, 1.165) is 31.9 Å². The molecule has 2 rings (SSSR count). The van der Waals surface area contributed by atoms with Gasteiger partial charge in [-0.3, -0.25) is 4.90 Å². The van der Waals surface area contributed by atoms with Gasteiger partial charge in [-0.2, -0.15) is 0 Å². The number of rotatable bonds is 11. The first-order chi connectivity index (χ1) is 11.7. The Bertz CT molecular complexity index is 573. The van der Waals surface area contributed by atoms with Crippen molar-refractivity contribution >= 4 is 11.3 Å². The molecule has 0 aliphatic carbocycles. The fourth-order valence-corrected chi connectivity index (χ4v) is 3.45. The quantitative estimate of drug-likeness (QED) is 0.632. The lowest BCUT2D eigenvalue weighted by Crippen LogP contribution is -2.36. The number of ether oxygens (including phenoxy) is 2. The van der Waals surface area contributed by atoms with Crippen LogP contribution in [0.5, 0.6) is 5.75 Å². The van der Waals surface area contributed by atoms with Crippen molar-refractivity contribution < 1.29 is 14.6 Å². The lowest BCUT2D eigenvalue weighted by atomic mass is 10.3. The minimum Gasteiger partial charge on any atom is -0.491 e. The molecule has 0 amide bonds. The highest BCUT2D eigenvalue weighted by molar-refractivity contribution is 7.11. The Morgan fingerprint density at radius 3 is 2.62 bits per heavy atom. The minimum atomic E-state index is -0.520. The third-order valence-electron chi connectivity index (χ3n) is 3.65. The lowest BCUT2D eigenvalue weighted by molar-refractivity contribution is 0.0621. The van der Waals surface area contributed by atoms with Crippen LogP contribution in [0.25, 0.3) is 0 Å². The minimum absolute atomic E-state index is 0.300. The summed E-state index contributed by atoms with van der Waals surface area (Å²) in [6.45, 7) is 5.49. The highest BCUT2D eigenvalue weighted by Crippen LogP contribution is 2.17. The number of benzene rings is 1. The number of aryl methyl sites for hydroxylation is 1. The summed E-state index contributed by atoms with van der Waals surface area (Å²) >= 11 is 1.81. The first-order valence-corrected chi connectivity index (χ1v) is 9.11. The van der Waals surface area contributed by atoms with E-state index >= 15 is 0 Å². The normalized spacial score (nSPS) is 12.5. The van der Waals surface area contributed by atoms with E-state index in [4.69, 9.17) is 9.47 Å². The van der Waals surface area contributed by atoms with Gasteiger partial charge in [-0.05, 0) is 37.6 Å². The van der Waals surface area contributed by atoms with Gasteiger partial charge in [-0.25, -0.2) is 0 Å². The van der Waals surface area contributed by atoms with E-state index < -0.39 is 6.10 Å². The maximum Gasteiger partial charge on any atom is 0.119 e. The summed E-state index contributed by atoms with van der Waals surface area (Å²) in [6.07, 6.45) is 0.432. The number of hydrogen-bond acceptors (Lipinski definition) is 5. The molecular weight excluding hydrogens is 322 g/mol. The van der Waals surface area contributed by atoms with Crippen molar-refractivity contribution in [3.63, 3.8) is 0 Å². The van der Waals surface area contributed by atoms with Crippen molar-refractivity contribution in [3.05, 3.63) is 52.2 Å². The summed E-state index contributed by atoms with van der Waals surface area (Å²) in [6, 6.07) is 13.9. The number of aliphatic hydroxyl groups excluding tert-OH is 1. The summed E-state index contributed by atoms with van der Waals surface area (Å²) in [4.78, 5) is 4.90. The zero-order chi connectivity index (χ0) is 17.2. The van der Waals surface area contributed by atoms with Gasteiger partial charge in [0.25, 0.3) is 0 Å². The number of para-hydroxylation sites is 1. The smallest absolute Gasteiger partial charge is 0.119 e. The maximum absolute atomic E-state index is 10.3. The summed E-state index contributed by atoms with van der Waals surface area (Å²) in [5.74, 6) is 0.788. The van der Waals surface area contributed by atoms with Crippen LogP contribution in [0.2, 0.25) is 0 Å². The maximum atomic E-state index is 10.3. The van der Waals surface area contributed by atoms with Gasteiger partial charge >= 0.3 is 0 Å². The third kappa shape index (κ3) is 7.01. The Hall–Kier alpha value is -1.40. The Morgan fingerprint density at radius 1 is 1.17 bits per heavy atom. The fraction of sp³-hybridized carbons (Fsp3) is 0.474. The van der Waals surface area contributed by atoms with E-state index in [2.05, 4.69) is 24.0 Å². The van der Waals surface area contributed by atoms with Gasteiger partial charge in [0.2, 0.25) is 0 Å². The molecule has 0 bridgehead atoms. The third-order valence-corrected chi connectivity index (χ3v) is 4.64. The molecule has 0 saturated heterocycles. The van der Waals surface area contributed by atoms with E-state index in [1.165, 1.54) is 9.75 Å². The van der Waals surface area contributed by atoms with Crippen molar-refractivity contribution in [1.82, 2.24) is 4.90 Å². The molecule has 5 heteroatoms. The molecule has 2 aromatic rings. The predicted octanol–water partition coefficient (Wildman–Crippen LogP) is 3.33. The van der Waals surface area contributed by atoms with E-state index in [0.29, 0.717) is 13.2 Å². The van der Waals surface area contributed by atoms with E-state index in [1.807, 2.05) is 30.3 Å². The molecule has 1 N–H and O–H groups in total. The molecule has 1 heterocycles. The molecule has 0 spiro atoms. The van der Waals surface area contributed by atoms with E-state index in [-0.39, 0.29) is 0 Å². The lowest BCUT2D eigenvalue weighted by Gasteiger charge is -2.24. The highest BCUT2D eigenvalue weighted by atomic mass is 32.1. The monoisotopic (exact) mass is 349 g/mol. The van der Waals surface area contributed by atoms with Crippen molar-refractivity contribution in [3.8, 4) is 5.75 Å². The molecule has 0 saturated carbocycles. The van der Waals surface area contributed by atoms with Gasteiger partial charge in [0.1, 0.15) is 18.5 Å². The SMILES string of the molecule is COCCCN(Cc1ccc(C)s1)CC(O)COc1ccccc1. The van der Waals surface area contributed by atoms with Crippen molar-refractivity contribution in [2.45, 2.75) is 26.0 Å². The number of thiophene rings is 1. The largest absolute Gasteiger partial charge is 0.491 e. The second-order valence-electron chi connectivity index (χ2n) is 5.87. The number of aliphatic hydroxyl groups is 1. The molecular formula is C19H27NO3S. The Kier molecular flexibility index (Phi) is 8.25. The molecule has 1 aromatic heterocycles. The van der Waals surface area contributed by atoms with Crippen molar-refractivity contribution in [2.24, 2.45) is 0 Å². The molecule has 0 aliphatic rings. The van der Waals surface area contributed by atoms with Crippen LogP contribution >= 0.6 is 11.3 Å². The summed E-state index contributed by atoms with van der Waals surface area (Å²) in [7, 11) is 1.72. The van der Waals surface area contributed by atoms with Crippen LogP contribution in [0.3, 0.4) is 0 Å². The standard InChI is InChI=1S/C19H27NO3S/c1-16-9-10-19(24-16)14-20(11-6-12-22-2)13-17(21)15-23-18-7-4-3-5-8-18/h3-5,7-10,17,21H,6,11-15H2,1-2H3. The Balaban J connectivity index is 1.83. The average molecular weight is 349 g/mol. The second kappa shape index (κ2) is 10.5. The van der Waals surface area contributed by atoms with Crippen LogP contribution in [0, 0.1) is 6.92 Å². The highest BCUT2D eigenvalue weighted by Gasteiger charge is 2.14. The Labute approximate surface area is 148 Å². The molecule has 1 aromatic carbocycles.